The van der Waals surface area contributed by atoms with Gasteiger partial charge in [-0.2, -0.15) is 0 Å². The van der Waals surface area contributed by atoms with E-state index in [4.69, 9.17) is 4.42 Å². The molecule has 3 aliphatic rings. The molecule has 3 fully saturated rings. The zero-order chi connectivity index (χ0) is 16.9. The molecule has 1 aromatic heterocycles. The second kappa shape index (κ2) is 5.26. The van der Waals surface area contributed by atoms with Crippen molar-refractivity contribution < 1.29 is 22.8 Å². The van der Waals surface area contributed by atoms with Crippen LogP contribution < -0.4 is 0 Å². The van der Waals surface area contributed by atoms with E-state index in [1.807, 2.05) is 0 Å². The molecule has 0 N–H and O–H groups in total. The molecule has 8 heteroatoms. The van der Waals surface area contributed by atoms with Crippen LogP contribution in [-0.4, -0.2) is 58.7 Å². The molecule has 1 aromatic rings. The van der Waals surface area contributed by atoms with Gasteiger partial charge in [-0.25, -0.2) is 13.8 Å². The number of oxazole rings is 1. The van der Waals surface area contributed by atoms with Gasteiger partial charge < -0.3 is 14.2 Å². The molecular weight excluding hydrogens is 320 g/mol. The number of halogens is 2. The van der Waals surface area contributed by atoms with Crippen molar-refractivity contribution in [1.82, 2.24) is 14.8 Å². The van der Waals surface area contributed by atoms with Crippen LogP contribution in [0, 0.1) is 11.3 Å². The first kappa shape index (κ1) is 15.5. The second-order valence-electron chi connectivity index (χ2n) is 7.29. The number of alkyl halides is 2. The smallest absolute Gasteiger partial charge is 0.276 e. The Hall–Kier alpha value is -1.99. The average Bonchev–Trinajstić information content (AvgIpc) is 3.08. The Balaban J connectivity index is 1.56. The molecule has 0 radical (unpaired) electrons. The molecule has 2 amide bonds. The van der Waals surface area contributed by atoms with Crippen molar-refractivity contribution in [2.75, 3.05) is 26.2 Å². The maximum atomic E-state index is 14.3. The SMILES string of the molecule is O=C(c1cocn1)N1CC(F)(F)C[C@]2(CCN(CC3CC3)C2=O)C1. The van der Waals surface area contributed by atoms with Gasteiger partial charge in [0.05, 0.1) is 12.0 Å². The highest BCUT2D eigenvalue weighted by Gasteiger charge is 2.58. The van der Waals surface area contributed by atoms with E-state index in [1.54, 1.807) is 4.90 Å². The van der Waals surface area contributed by atoms with Crippen LogP contribution in [0.1, 0.15) is 36.2 Å². The molecule has 1 atom stereocenters. The molecule has 0 unspecified atom stereocenters. The van der Waals surface area contributed by atoms with Crippen LogP contribution >= 0.6 is 0 Å². The summed E-state index contributed by atoms with van der Waals surface area (Å²) < 4.78 is 33.4. The lowest BCUT2D eigenvalue weighted by Gasteiger charge is -2.42. The molecule has 6 nitrogen and oxygen atoms in total. The van der Waals surface area contributed by atoms with E-state index in [9.17, 15) is 18.4 Å². The Morgan fingerprint density at radius 2 is 2.17 bits per heavy atom. The lowest BCUT2D eigenvalue weighted by molar-refractivity contribution is -0.151. The number of carbonyl (C=O) groups excluding carboxylic acids is 2. The molecule has 0 aromatic carbocycles. The summed E-state index contributed by atoms with van der Waals surface area (Å²) in [4.78, 5) is 31.7. The molecular formula is C16H19F2N3O3. The van der Waals surface area contributed by atoms with Crippen molar-refractivity contribution in [1.29, 1.82) is 0 Å². The predicted octanol–water partition coefficient (Wildman–Crippen LogP) is 1.78. The van der Waals surface area contributed by atoms with Gasteiger partial charge in [0.1, 0.15) is 6.26 Å². The maximum absolute atomic E-state index is 14.3. The second-order valence-corrected chi connectivity index (χ2v) is 7.29. The average molecular weight is 339 g/mol. The van der Waals surface area contributed by atoms with E-state index in [-0.39, 0.29) is 18.1 Å². The van der Waals surface area contributed by atoms with Gasteiger partial charge in [0.25, 0.3) is 11.8 Å². The predicted molar refractivity (Wildman–Crippen MR) is 78.3 cm³/mol. The summed E-state index contributed by atoms with van der Waals surface area (Å²) in [6.45, 7) is 0.491. The van der Waals surface area contributed by atoms with Gasteiger partial charge in [-0.05, 0) is 25.2 Å². The van der Waals surface area contributed by atoms with Gasteiger partial charge in [0.15, 0.2) is 12.1 Å². The van der Waals surface area contributed by atoms with Crippen molar-refractivity contribution in [3.8, 4) is 0 Å². The number of piperidine rings is 1. The van der Waals surface area contributed by atoms with Gasteiger partial charge in [0, 0.05) is 26.1 Å². The highest BCUT2D eigenvalue weighted by molar-refractivity contribution is 5.93. The lowest BCUT2D eigenvalue weighted by Crippen LogP contribution is -2.57. The van der Waals surface area contributed by atoms with Gasteiger partial charge in [0.2, 0.25) is 5.91 Å². The summed E-state index contributed by atoms with van der Waals surface area (Å²) in [5.41, 5.74) is -1.18. The number of likely N-dealkylation sites (tertiary alicyclic amines) is 2. The third kappa shape index (κ3) is 2.67. The highest BCUT2D eigenvalue weighted by Crippen LogP contribution is 2.46. The van der Waals surface area contributed by atoms with Crippen molar-refractivity contribution >= 4 is 11.8 Å². The van der Waals surface area contributed by atoms with E-state index in [0.29, 0.717) is 25.4 Å². The zero-order valence-corrected chi connectivity index (χ0v) is 13.2. The molecule has 130 valence electrons. The summed E-state index contributed by atoms with van der Waals surface area (Å²) in [6.07, 6.45) is 4.31. The van der Waals surface area contributed by atoms with Gasteiger partial charge in [-0.15, -0.1) is 0 Å². The fourth-order valence-corrected chi connectivity index (χ4v) is 3.92. The van der Waals surface area contributed by atoms with Crippen LogP contribution in [0.2, 0.25) is 0 Å². The number of carbonyl (C=O) groups is 2. The topological polar surface area (TPSA) is 66.7 Å². The number of hydrogen-bond donors (Lipinski definition) is 0. The van der Waals surface area contributed by atoms with E-state index in [2.05, 4.69) is 4.98 Å². The van der Waals surface area contributed by atoms with Crippen LogP contribution in [0.5, 0.6) is 0 Å². The fourth-order valence-electron chi connectivity index (χ4n) is 3.92. The zero-order valence-electron chi connectivity index (χ0n) is 13.2. The van der Waals surface area contributed by atoms with Crippen LogP contribution in [0.15, 0.2) is 17.1 Å². The minimum Gasteiger partial charge on any atom is -0.451 e. The normalized spacial score (nSPS) is 29.5. The first-order valence-electron chi connectivity index (χ1n) is 8.23. The molecule has 2 aliphatic heterocycles. The Kier molecular flexibility index (Phi) is 3.40. The van der Waals surface area contributed by atoms with Crippen molar-refractivity contribution in [3.05, 3.63) is 18.4 Å². The van der Waals surface area contributed by atoms with Crippen LogP contribution in [0.3, 0.4) is 0 Å². The molecule has 1 spiro atoms. The largest absolute Gasteiger partial charge is 0.451 e. The third-order valence-electron chi connectivity index (χ3n) is 5.23. The molecule has 3 heterocycles. The number of rotatable bonds is 3. The summed E-state index contributed by atoms with van der Waals surface area (Å²) in [6, 6.07) is 0. The monoisotopic (exact) mass is 339 g/mol. The minimum absolute atomic E-state index is 0.0110. The Morgan fingerprint density at radius 3 is 2.83 bits per heavy atom. The first-order valence-corrected chi connectivity index (χ1v) is 8.23. The molecule has 24 heavy (non-hydrogen) atoms. The Morgan fingerprint density at radius 1 is 1.38 bits per heavy atom. The standard InChI is InChI=1S/C16H19F2N3O3/c17-16(18)7-15(3-4-20(14(15)23)5-11-1-2-11)8-21(9-16)13(22)12-6-24-10-19-12/h6,10-11H,1-5,7-9H2/t15-/m1/s1. The van der Waals surface area contributed by atoms with E-state index in [0.717, 1.165) is 30.4 Å². The molecule has 0 bridgehead atoms. The summed E-state index contributed by atoms with van der Waals surface area (Å²) in [7, 11) is 0. The van der Waals surface area contributed by atoms with Crippen LogP contribution in [0.25, 0.3) is 0 Å². The number of amides is 2. The fraction of sp³-hybridized carbons (Fsp3) is 0.688. The lowest BCUT2D eigenvalue weighted by atomic mass is 9.77. The number of aromatic nitrogens is 1. The Labute approximate surface area is 137 Å². The minimum atomic E-state index is -3.08. The number of nitrogens with zero attached hydrogens (tertiary/aromatic N) is 3. The Bertz CT molecular complexity index is 660. The molecule has 1 saturated carbocycles. The first-order chi connectivity index (χ1) is 11.4. The summed E-state index contributed by atoms with van der Waals surface area (Å²) in [5.74, 6) is -3.41. The quantitative estimate of drug-likeness (QED) is 0.842. The van der Waals surface area contributed by atoms with Gasteiger partial charge in [-0.3, -0.25) is 9.59 Å². The van der Waals surface area contributed by atoms with E-state index in [1.165, 1.54) is 0 Å². The van der Waals surface area contributed by atoms with Crippen LogP contribution in [-0.2, 0) is 4.79 Å². The number of hydrogen-bond acceptors (Lipinski definition) is 4. The molecule has 2 saturated heterocycles. The van der Waals surface area contributed by atoms with E-state index >= 15 is 0 Å². The summed E-state index contributed by atoms with van der Waals surface area (Å²) >= 11 is 0. The molecule has 4 rings (SSSR count). The maximum Gasteiger partial charge on any atom is 0.276 e. The highest BCUT2D eigenvalue weighted by atomic mass is 19.3. The van der Waals surface area contributed by atoms with Crippen LogP contribution in [0.4, 0.5) is 8.78 Å². The van der Waals surface area contributed by atoms with Gasteiger partial charge in [-0.1, -0.05) is 0 Å². The van der Waals surface area contributed by atoms with Crippen molar-refractivity contribution in [2.45, 2.75) is 31.6 Å². The summed E-state index contributed by atoms with van der Waals surface area (Å²) in [5, 5.41) is 0. The van der Waals surface area contributed by atoms with Crippen molar-refractivity contribution in [2.24, 2.45) is 11.3 Å². The van der Waals surface area contributed by atoms with Gasteiger partial charge >= 0.3 is 0 Å². The van der Waals surface area contributed by atoms with Crippen molar-refractivity contribution in [3.63, 3.8) is 0 Å². The third-order valence-corrected chi connectivity index (χ3v) is 5.23. The molecule has 1 aliphatic carbocycles. The van der Waals surface area contributed by atoms with E-state index < -0.39 is 30.2 Å².